The maximum Gasteiger partial charge on any atom is 0.322 e. The van der Waals surface area contributed by atoms with Crippen LogP contribution in [0.15, 0.2) is 51.3 Å². The summed E-state index contributed by atoms with van der Waals surface area (Å²) in [5.74, 6) is 1.59. The van der Waals surface area contributed by atoms with E-state index in [1.54, 1.807) is 30.3 Å². The SMILES string of the molecule is CCOc1ccc(-c2nnc(NC(=O)c3cc4cccc(OCC)c4o3)o2)cc1OCC. The molecule has 166 valence electrons. The summed E-state index contributed by atoms with van der Waals surface area (Å²) < 4.78 is 28.1. The number of carbonyl (C=O) groups is 1. The van der Waals surface area contributed by atoms with Crippen molar-refractivity contribution < 1.29 is 27.8 Å². The second kappa shape index (κ2) is 9.42. The van der Waals surface area contributed by atoms with Crippen LogP contribution in [0.2, 0.25) is 0 Å². The third-order valence-corrected chi connectivity index (χ3v) is 4.47. The van der Waals surface area contributed by atoms with Crippen molar-refractivity contribution in [1.82, 2.24) is 10.2 Å². The van der Waals surface area contributed by atoms with Gasteiger partial charge in [-0.3, -0.25) is 10.1 Å². The Morgan fingerprint density at radius 1 is 0.875 bits per heavy atom. The Balaban J connectivity index is 1.53. The number of rotatable bonds is 9. The number of carbonyl (C=O) groups excluding carboxylic acids is 1. The average Bonchev–Trinajstić information content (AvgIpc) is 3.43. The van der Waals surface area contributed by atoms with Gasteiger partial charge in [-0.05, 0) is 51.1 Å². The molecule has 4 rings (SSSR count). The highest BCUT2D eigenvalue weighted by atomic mass is 16.5. The first-order chi connectivity index (χ1) is 15.6. The summed E-state index contributed by atoms with van der Waals surface area (Å²) in [6, 6.07) is 12.3. The van der Waals surface area contributed by atoms with Crippen molar-refractivity contribution in [3.8, 4) is 28.7 Å². The number of amides is 1. The molecule has 4 aromatic rings. The summed E-state index contributed by atoms with van der Waals surface area (Å²) in [6.45, 7) is 7.16. The lowest BCUT2D eigenvalue weighted by Gasteiger charge is -2.11. The molecular formula is C23H23N3O6. The number of ether oxygens (including phenoxy) is 3. The fourth-order valence-electron chi connectivity index (χ4n) is 3.15. The highest BCUT2D eigenvalue weighted by Gasteiger charge is 2.19. The number of nitrogens with zero attached hydrogens (tertiary/aromatic N) is 2. The molecule has 0 bridgehead atoms. The summed E-state index contributed by atoms with van der Waals surface area (Å²) in [5, 5.41) is 11.2. The number of fused-ring (bicyclic) bond motifs is 1. The summed E-state index contributed by atoms with van der Waals surface area (Å²) in [6.07, 6.45) is 0. The van der Waals surface area contributed by atoms with Crippen LogP contribution >= 0.6 is 0 Å². The van der Waals surface area contributed by atoms with Gasteiger partial charge in [0.1, 0.15) is 0 Å². The zero-order chi connectivity index (χ0) is 22.5. The summed E-state index contributed by atoms with van der Waals surface area (Å²) >= 11 is 0. The Morgan fingerprint density at radius 3 is 2.41 bits per heavy atom. The van der Waals surface area contributed by atoms with Crippen molar-refractivity contribution in [3.63, 3.8) is 0 Å². The molecule has 0 aliphatic carbocycles. The van der Waals surface area contributed by atoms with Crippen LogP contribution in [-0.4, -0.2) is 35.9 Å². The summed E-state index contributed by atoms with van der Waals surface area (Å²) in [7, 11) is 0. The number of anilines is 1. The van der Waals surface area contributed by atoms with Gasteiger partial charge in [-0.15, -0.1) is 5.10 Å². The molecule has 0 spiro atoms. The number of furan rings is 1. The van der Waals surface area contributed by atoms with Gasteiger partial charge >= 0.3 is 6.01 Å². The largest absolute Gasteiger partial charge is 0.490 e. The van der Waals surface area contributed by atoms with E-state index in [-0.39, 0.29) is 17.7 Å². The van der Waals surface area contributed by atoms with E-state index >= 15 is 0 Å². The van der Waals surface area contributed by atoms with Gasteiger partial charge in [-0.2, -0.15) is 0 Å². The van der Waals surface area contributed by atoms with E-state index < -0.39 is 5.91 Å². The fraction of sp³-hybridized carbons (Fsp3) is 0.261. The molecule has 9 heteroatoms. The van der Waals surface area contributed by atoms with Crippen molar-refractivity contribution in [3.05, 3.63) is 48.2 Å². The maximum atomic E-state index is 12.6. The third-order valence-electron chi connectivity index (χ3n) is 4.47. The first kappa shape index (κ1) is 21.2. The number of para-hydroxylation sites is 1. The fourth-order valence-corrected chi connectivity index (χ4v) is 3.15. The zero-order valence-electron chi connectivity index (χ0n) is 18.0. The Kier molecular flexibility index (Phi) is 6.25. The number of nitrogens with one attached hydrogen (secondary N) is 1. The van der Waals surface area contributed by atoms with Gasteiger partial charge in [0.25, 0.3) is 5.91 Å². The summed E-state index contributed by atoms with van der Waals surface area (Å²) in [4.78, 5) is 12.6. The van der Waals surface area contributed by atoms with E-state index in [9.17, 15) is 4.79 Å². The number of benzene rings is 2. The van der Waals surface area contributed by atoms with Gasteiger partial charge in [-0.1, -0.05) is 17.2 Å². The first-order valence-electron chi connectivity index (χ1n) is 10.3. The van der Waals surface area contributed by atoms with Crippen molar-refractivity contribution in [2.24, 2.45) is 0 Å². The van der Waals surface area contributed by atoms with Gasteiger partial charge in [-0.25, -0.2) is 0 Å². The van der Waals surface area contributed by atoms with Gasteiger partial charge in [0.15, 0.2) is 28.6 Å². The molecule has 0 fully saturated rings. The molecule has 1 amide bonds. The van der Waals surface area contributed by atoms with Crippen molar-refractivity contribution >= 4 is 22.9 Å². The van der Waals surface area contributed by atoms with Crippen LogP contribution in [0, 0.1) is 0 Å². The van der Waals surface area contributed by atoms with Crippen molar-refractivity contribution in [1.29, 1.82) is 0 Å². The van der Waals surface area contributed by atoms with E-state index in [1.807, 2.05) is 32.9 Å². The molecule has 0 aliphatic rings. The highest BCUT2D eigenvalue weighted by Crippen LogP contribution is 2.33. The third kappa shape index (κ3) is 4.36. The Bertz CT molecular complexity index is 1230. The monoisotopic (exact) mass is 437 g/mol. The number of hydrogen-bond acceptors (Lipinski definition) is 8. The van der Waals surface area contributed by atoms with Gasteiger partial charge in [0.05, 0.1) is 19.8 Å². The highest BCUT2D eigenvalue weighted by molar-refractivity contribution is 6.04. The molecule has 32 heavy (non-hydrogen) atoms. The molecule has 2 aromatic heterocycles. The molecule has 0 saturated carbocycles. The minimum absolute atomic E-state index is 0.0534. The van der Waals surface area contributed by atoms with Crippen LogP contribution in [0.4, 0.5) is 6.01 Å². The van der Waals surface area contributed by atoms with Crippen LogP contribution in [0.1, 0.15) is 31.3 Å². The molecule has 9 nitrogen and oxygen atoms in total. The second-order valence-corrected chi connectivity index (χ2v) is 6.61. The van der Waals surface area contributed by atoms with E-state index in [4.69, 9.17) is 23.0 Å². The maximum absolute atomic E-state index is 12.6. The molecule has 0 radical (unpaired) electrons. The van der Waals surface area contributed by atoms with E-state index in [2.05, 4.69) is 15.5 Å². The first-order valence-corrected chi connectivity index (χ1v) is 10.3. The minimum atomic E-state index is -0.513. The van der Waals surface area contributed by atoms with Gasteiger partial charge < -0.3 is 23.0 Å². The van der Waals surface area contributed by atoms with Crippen LogP contribution < -0.4 is 19.5 Å². The van der Waals surface area contributed by atoms with Crippen LogP contribution in [0.5, 0.6) is 17.2 Å². The normalized spacial score (nSPS) is 10.8. The zero-order valence-corrected chi connectivity index (χ0v) is 18.0. The molecule has 0 unspecified atom stereocenters. The lowest BCUT2D eigenvalue weighted by atomic mass is 10.2. The van der Waals surface area contributed by atoms with Crippen LogP contribution in [-0.2, 0) is 0 Å². The molecule has 0 saturated heterocycles. The summed E-state index contributed by atoms with van der Waals surface area (Å²) in [5.41, 5.74) is 1.14. The van der Waals surface area contributed by atoms with Crippen LogP contribution in [0.25, 0.3) is 22.4 Å². The Labute approximate surface area is 184 Å². The van der Waals surface area contributed by atoms with Crippen molar-refractivity contribution in [2.45, 2.75) is 20.8 Å². The topological polar surface area (TPSA) is 109 Å². The lowest BCUT2D eigenvalue weighted by Crippen LogP contribution is -2.10. The predicted octanol–water partition coefficient (Wildman–Crippen LogP) is 4.93. The number of hydrogen-bond donors (Lipinski definition) is 1. The molecule has 1 N–H and O–H groups in total. The molecule has 2 heterocycles. The van der Waals surface area contributed by atoms with Gasteiger partial charge in [0.2, 0.25) is 5.89 Å². The second-order valence-electron chi connectivity index (χ2n) is 6.61. The Hall–Kier alpha value is -4.01. The quantitative estimate of drug-likeness (QED) is 0.393. The molecule has 0 aliphatic heterocycles. The Morgan fingerprint density at radius 2 is 1.62 bits per heavy atom. The van der Waals surface area contributed by atoms with Crippen molar-refractivity contribution in [2.75, 3.05) is 25.1 Å². The predicted molar refractivity (Wildman–Crippen MR) is 117 cm³/mol. The van der Waals surface area contributed by atoms with Crippen LogP contribution in [0.3, 0.4) is 0 Å². The van der Waals surface area contributed by atoms with E-state index in [0.717, 1.165) is 5.39 Å². The molecule has 0 atom stereocenters. The average molecular weight is 437 g/mol. The lowest BCUT2D eigenvalue weighted by molar-refractivity contribution is 0.0995. The standard InChI is InChI=1S/C23H23N3O6/c1-4-28-16-11-10-15(13-18(16)30-6-3)22-25-26-23(32-22)24-21(27)19-12-14-8-7-9-17(29-5-2)20(14)31-19/h7-13H,4-6H2,1-3H3,(H,24,26,27). The molecular weight excluding hydrogens is 414 g/mol. The van der Waals surface area contributed by atoms with E-state index in [1.165, 1.54) is 0 Å². The smallest absolute Gasteiger partial charge is 0.322 e. The number of aromatic nitrogens is 2. The van der Waals surface area contributed by atoms with E-state index in [0.29, 0.717) is 48.2 Å². The molecule has 2 aromatic carbocycles. The minimum Gasteiger partial charge on any atom is -0.490 e. The van der Waals surface area contributed by atoms with Gasteiger partial charge in [0, 0.05) is 10.9 Å².